The number of methoxy groups -OCH3 is 1. The number of aromatic carboxylic acids is 1. The zero-order chi connectivity index (χ0) is 23.1. The molecule has 1 aromatic heterocycles. The summed E-state index contributed by atoms with van der Waals surface area (Å²) < 4.78 is 10.8. The van der Waals surface area contributed by atoms with Gasteiger partial charge in [0.15, 0.2) is 0 Å². The standard InChI is InChI=1S/C25H28N2O5/c1-4-6-22-26-14-21(27-22)23(25(30)31-3)17-9-11-19(12-10-17)32-15-18-8-7-16(5-2)13-20(18)24(28)29/h7-14,23H,4-6,15H2,1-3H3,(H,26,27)(H,28,29). The smallest absolute Gasteiger partial charge is 0.336 e. The molecule has 0 amide bonds. The highest BCUT2D eigenvalue weighted by Crippen LogP contribution is 2.27. The average molecular weight is 437 g/mol. The van der Waals surface area contributed by atoms with E-state index in [1.807, 2.05) is 13.0 Å². The van der Waals surface area contributed by atoms with E-state index in [0.29, 0.717) is 17.0 Å². The average Bonchev–Trinajstić information content (AvgIpc) is 3.26. The highest BCUT2D eigenvalue weighted by atomic mass is 16.5. The SMILES string of the molecule is CCCc1ncc(C(C(=O)OC)c2ccc(OCc3ccc(CC)cc3C(=O)O)cc2)[nH]1. The Balaban J connectivity index is 1.77. The second-order valence-electron chi connectivity index (χ2n) is 7.50. The number of carboxylic acids is 1. The molecule has 0 saturated heterocycles. The van der Waals surface area contributed by atoms with Gasteiger partial charge in [0.1, 0.15) is 24.1 Å². The largest absolute Gasteiger partial charge is 0.489 e. The van der Waals surface area contributed by atoms with Gasteiger partial charge in [-0.3, -0.25) is 4.79 Å². The number of carbonyl (C=O) groups is 2. The Hall–Kier alpha value is -3.61. The van der Waals surface area contributed by atoms with Crippen molar-refractivity contribution in [1.82, 2.24) is 9.97 Å². The van der Waals surface area contributed by atoms with Gasteiger partial charge < -0.3 is 19.6 Å². The third kappa shape index (κ3) is 5.35. The second kappa shape index (κ2) is 10.6. The third-order valence-corrected chi connectivity index (χ3v) is 5.30. The summed E-state index contributed by atoms with van der Waals surface area (Å²) in [7, 11) is 1.36. The monoisotopic (exact) mass is 436 g/mol. The van der Waals surface area contributed by atoms with Gasteiger partial charge in [0.05, 0.1) is 18.4 Å². The Morgan fingerprint density at radius 3 is 2.50 bits per heavy atom. The minimum absolute atomic E-state index is 0.131. The van der Waals surface area contributed by atoms with E-state index in [0.717, 1.165) is 36.2 Å². The van der Waals surface area contributed by atoms with E-state index in [1.54, 1.807) is 42.6 Å². The lowest BCUT2D eigenvalue weighted by Crippen LogP contribution is -2.16. The molecule has 3 rings (SSSR count). The zero-order valence-electron chi connectivity index (χ0n) is 18.6. The quantitative estimate of drug-likeness (QED) is 0.454. The molecule has 1 heterocycles. The summed E-state index contributed by atoms with van der Waals surface area (Å²) >= 11 is 0. The van der Waals surface area contributed by atoms with Gasteiger partial charge in [-0.25, -0.2) is 9.78 Å². The molecular weight excluding hydrogens is 408 g/mol. The highest BCUT2D eigenvalue weighted by molar-refractivity contribution is 5.89. The maximum atomic E-state index is 12.5. The number of esters is 1. The van der Waals surface area contributed by atoms with Crippen molar-refractivity contribution in [2.75, 3.05) is 7.11 Å². The lowest BCUT2D eigenvalue weighted by Gasteiger charge is -2.15. The summed E-state index contributed by atoms with van der Waals surface area (Å²) in [5.74, 6) is -0.568. The van der Waals surface area contributed by atoms with Crippen LogP contribution < -0.4 is 4.74 Å². The van der Waals surface area contributed by atoms with Crippen LogP contribution in [-0.2, 0) is 29.0 Å². The molecule has 0 aliphatic heterocycles. The fourth-order valence-electron chi connectivity index (χ4n) is 3.54. The molecule has 1 unspecified atom stereocenters. The van der Waals surface area contributed by atoms with Crippen molar-refractivity contribution in [2.45, 2.75) is 45.6 Å². The van der Waals surface area contributed by atoms with Crippen LogP contribution in [0.3, 0.4) is 0 Å². The van der Waals surface area contributed by atoms with Crippen LogP contribution in [0.5, 0.6) is 5.75 Å². The number of aryl methyl sites for hydroxylation is 2. The third-order valence-electron chi connectivity index (χ3n) is 5.30. The molecule has 2 aromatic carbocycles. The van der Waals surface area contributed by atoms with Crippen LogP contribution in [0.1, 0.15) is 64.8 Å². The fraction of sp³-hybridized carbons (Fsp3) is 0.320. The first-order valence-electron chi connectivity index (χ1n) is 10.7. The van der Waals surface area contributed by atoms with Gasteiger partial charge in [-0.1, -0.05) is 38.1 Å². The van der Waals surface area contributed by atoms with Gasteiger partial charge in [-0.2, -0.15) is 0 Å². The first-order valence-corrected chi connectivity index (χ1v) is 10.7. The Kier molecular flexibility index (Phi) is 7.65. The molecule has 168 valence electrons. The molecular formula is C25H28N2O5. The topological polar surface area (TPSA) is 102 Å². The lowest BCUT2D eigenvalue weighted by molar-refractivity contribution is -0.141. The second-order valence-corrected chi connectivity index (χ2v) is 7.50. The van der Waals surface area contributed by atoms with Crippen LogP contribution in [0.2, 0.25) is 0 Å². The minimum atomic E-state index is -0.975. The van der Waals surface area contributed by atoms with Crippen molar-refractivity contribution >= 4 is 11.9 Å². The first-order chi connectivity index (χ1) is 15.5. The number of carbonyl (C=O) groups excluding carboxylic acids is 1. The number of carboxylic acid groups (broad SMARTS) is 1. The summed E-state index contributed by atoms with van der Waals surface area (Å²) in [6.45, 7) is 4.18. The number of hydrogen-bond donors (Lipinski definition) is 2. The zero-order valence-corrected chi connectivity index (χ0v) is 18.6. The highest BCUT2D eigenvalue weighted by Gasteiger charge is 2.25. The van der Waals surface area contributed by atoms with E-state index in [4.69, 9.17) is 9.47 Å². The Morgan fingerprint density at radius 1 is 1.12 bits per heavy atom. The number of H-pyrrole nitrogens is 1. The van der Waals surface area contributed by atoms with Crippen LogP contribution in [0, 0.1) is 0 Å². The predicted molar refractivity (Wildman–Crippen MR) is 120 cm³/mol. The molecule has 3 aromatic rings. The van der Waals surface area contributed by atoms with Crippen LogP contribution in [0.25, 0.3) is 0 Å². The molecule has 7 heteroatoms. The summed E-state index contributed by atoms with van der Waals surface area (Å²) in [6, 6.07) is 12.5. The number of aromatic nitrogens is 2. The summed E-state index contributed by atoms with van der Waals surface area (Å²) in [6.07, 6.45) is 4.19. The number of ether oxygens (including phenoxy) is 2. The van der Waals surface area contributed by atoms with Gasteiger partial charge in [0.25, 0.3) is 0 Å². The number of rotatable bonds is 10. The van der Waals surface area contributed by atoms with Gasteiger partial charge in [-0.05, 0) is 42.2 Å². The Bertz CT molecular complexity index is 1070. The van der Waals surface area contributed by atoms with E-state index < -0.39 is 11.9 Å². The van der Waals surface area contributed by atoms with E-state index >= 15 is 0 Å². The van der Waals surface area contributed by atoms with Crippen LogP contribution in [0.15, 0.2) is 48.7 Å². The summed E-state index contributed by atoms with van der Waals surface area (Å²) in [5, 5.41) is 9.49. The Labute approximate surface area is 187 Å². The molecule has 0 aliphatic rings. The van der Waals surface area contributed by atoms with Crippen molar-refractivity contribution in [3.8, 4) is 5.75 Å². The number of aromatic amines is 1. The number of nitrogens with zero attached hydrogens (tertiary/aromatic N) is 1. The van der Waals surface area contributed by atoms with Crippen LogP contribution in [-0.4, -0.2) is 34.1 Å². The number of nitrogens with one attached hydrogen (secondary N) is 1. The molecule has 0 bridgehead atoms. The normalized spacial score (nSPS) is 11.7. The maximum Gasteiger partial charge on any atom is 0.336 e. The number of hydrogen-bond acceptors (Lipinski definition) is 5. The molecule has 0 radical (unpaired) electrons. The molecule has 0 aliphatic carbocycles. The summed E-state index contributed by atoms with van der Waals surface area (Å²) in [4.78, 5) is 31.6. The molecule has 0 spiro atoms. The fourth-order valence-corrected chi connectivity index (χ4v) is 3.54. The van der Waals surface area contributed by atoms with Crippen molar-refractivity contribution < 1.29 is 24.2 Å². The van der Waals surface area contributed by atoms with Crippen molar-refractivity contribution in [3.05, 3.63) is 82.4 Å². The predicted octanol–water partition coefficient (Wildman–Crippen LogP) is 4.51. The van der Waals surface area contributed by atoms with Crippen molar-refractivity contribution in [1.29, 1.82) is 0 Å². The molecule has 1 atom stereocenters. The van der Waals surface area contributed by atoms with Gasteiger partial charge >= 0.3 is 11.9 Å². The van der Waals surface area contributed by atoms with E-state index in [2.05, 4.69) is 16.9 Å². The molecule has 0 fully saturated rings. The van der Waals surface area contributed by atoms with Crippen LogP contribution >= 0.6 is 0 Å². The molecule has 7 nitrogen and oxygen atoms in total. The first kappa shape index (κ1) is 23.1. The number of imidazole rings is 1. The molecule has 2 N–H and O–H groups in total. The maximum absolute atomic E-state index is 12.5. The minimum Gasteiger partial charge on any atom is -0.489 e. The van der Waals surface area contributed by atoms with E-state index in [-0.39, 0.29) is 18.1 Å². The molecule has 0 saturated carbocycles. The number of benzene rings is 2. The lowest BCUT2D eigenvalue weighted by atomic mass is 9.96. The van der Waals surface area contributed by atoms with Gasteiger partial charge in [0, 0.05) is 18.2 Å². The van der Waals surface area contributed by atoms with E-state index in [1.165, 1.54) is 7.11 Å². The Morgan fingerprint density at radius 2 is 1.88 bits per heavy atom. The van der Waals surface area contributed by atoms with Gasteiger partial charge in [0.2, 0.25) is 0 Å². The van der Waals surface area contributed by atoms with Crippen LogP contribution in [0.4, 0.5) is 0 Å². The van der Waals surface area contributed by atoms with Crippen molar-refractivity contribution in [3.63, 3.8) is 0 Å². The van der Waals surface area contributed by atoms with Crippen molar-refractivity contribution in [2.24, 2.45) is 0 Å². The van der Waals surface area contributed by atoms with E-state index in [9.17, 15) is 14.7 Å². The molecule has 32 heavy (non-hydrogen) atoms. The van der Waals surface area contributed by atoms with Gasteiger partial charge in [-0.15, -0.1) is 0 Å². The summed E-state index contributed by atoms with van der Waals surface area (Å²) in [5.41, 5.74) is 3.23.